The Bertz CT molecular complexity index is 546. The third-order valence-corrected chi connectivity index (χ3v) is 5.13. The Morgan fingerprint density at radius 1 is 1.24 bits per heavy atom. The molecule has 0 bridgehead atoms. The van der Waals surface area contributed by atoms with Crippen LogP contribution in [-0.4, -0.2) is 31.1 Å². The van der Waals surface area contributed by atoms with Crippen LogP contribution in [-0.2, 0) is 6.18 Å². The molecule has 1 aromatic carbocycles. The second-order valence-corrected chi connectivity index (χ2v) is 6.96. The molecule has 1 aromatic rings. The first-order valence-electron chi connectivity index (χ1n) is 8.36. The number of unbranched alkanes of at least 4 members (excludes halogenated alkanes) is 2. The average Bonchev–Trinajstić information content (AvgIpc) is 2.56. The molecule has 7 heteroatoms. The van der Waals surface area contributed by atoms with Crippen molar-refractivity contribution >= 4 is 28.3 Å². The predicted molar refractivity (Wildman–Crippen MR) is 102 cm³/mol. The Kier molecular flexibility index (Phi) is 9.49. The first-order chi connectivity index (χ1) is 11.4. The first kappa shape index (κ1) is 22.5. The van der Waals surface area contributed by atoms with Gasteiger partial charge in [-0.2, -0.15) is 13.2 Å². The van der Waals surface area contributed by atoms with Crippen LogP contribution in [0.4, 0.5) is 13.2 Å². The number of benzene rings is 1. The third-order valence-electron chi connectivity index (χ3n) is 4.41. The maximum absolute atomic E-state index is 13.1. The van der Waals surface area contributed by atoms with Crippen LogP contribution in [0, 0.1) is 0 Å². The van der Waals surface area contributed by atoms with Crippen LogP contribution in [0.3, 0.4) is 0 Å². The third kappa shape index (κ3) is 6.59. The van der Waals surface area contributed by atoms with E-state index in [1.165, 1.54) is 12.1 Å². The number of rotatable bonds is 7. The monoisotopic (exact) mass is 440 g/mol. The van der Waals surface area contributed by atoms with Crippen molar-refractivity contribution in [2.45, 2.75) is 37.9 Å². The molecule has 1 heterocycles. The molecular formula is C18H25BrClF3N2. The molecule has 2 nitrogen and oxygen atoms in total. The normalized spacial score (nSPS) is 17.0. The topological polar surface area (TPSA) is 15.3 Å². The van der Waals surface area contributed by atoms with Gasteiger partial charge in [0.2, 0.25) is 0 Å². The molecule has 1 aliphatic rings. The van der Waals surface area contributed by atoms with Gasteiger partial charge < -0.3 is 5.32 Å². The van der Waals surface area contributed by atoms with E-state index in [1.54, 1.807) is 0 Å². The quantitative estimate of drug-likeness (QED) is 0.439. The van der Waals surface area contributed by atoms with E-state index in [4.69, 9.17) is 0 Å². The lowest BCUT2D eigenvalue weighted by molar-refractivity contribution is -0.137. The summed E-state index contributed by atoms with van der Waals surface area (Å²) >= 11 is 3.46. The molecule has 1 atom stereocenters. The van der Waals surface area contributed by atoms with Gasteiger partial charge in [-0.3, -0.25) is 4.90 Å². The summed E-state index contributed by atoms with van der Waals surface area (Å²) in [6, 6.07) is 3.98. The van der Waals surface area contributed by atoms with E-state index in [9.17, 15) is 13.2 Å². The van der Waals surface area contributed by atoms with Crippen molar-refractivity contribution in [3.63, 3.8) is 0 Å². The molecule has 0 saturated carbocycles. The van der Waals surface area contributed by atoms with E-state index in [0.717, 1.165) is 68.0 Å². The number of allylic oxidation sites excluding steroid dienone is 1. The standard InChI is InChI=1S/C18H24BrF3N2.ClH/c1-2-3-4-5-6-17(24-11-9-23-10-12-24)15-13-14(18(20,21)22)7-8-16(15)19;/h2,7-8,13,17,23H,1,3-6,9-12H2;1H/t17-;/m0./s1. The summed E-state index contributed by atoms with van der Waals surface area (Å²) in [4.78, 5) is 2.30. The van der Waals surface area contributed by atoms with Crippen molar-refractivity contribution in [2.24, 2.45) is 0 Å². The largest absolute Gasteiger partial charge is 0.416 e. The molecule has 0 unspecified atom stereocenters. The van der Waals surface area contributed by atoms with Gasteiger partial charge >= 0.3 is 6.18 Å². The highest BCUT2D eigenvalue weighted by atomic mass is 79.9. The highest BCUT2D eigenvalue weighted by molar-refractivity contribution is 9.10. The van der Waals surface area contributed by atoms with Crippen LogP contribution in [0.5, 0.6) is 0 Å². The molecule has 0 spiro atoms. The van der Waals surface area contributed by atoms with Gasteiger partial charge in [0.15, 0.2) is 0 Å². The van der Waals surface area contributed by atoms with E-state index in [1.807, 2.05) is 6.08 Å². The van der Waals surface area contributed by atoms with Crippen molar-refractivity contribution in [3.05, 3.63) is 46.5 Å². The Labute approximate surface area is 162 Å². The van der Waals surface area contributed by atoms with Crippen LogP contribution in [0.1, 0.15) is 42.9 Å². The number of halogens is 5. The summed E-state index contributed by atoms with van der Waals surface area (Å²) in [5.41, 5.74) is 0.164. The van der Waals surface area contributed by atoms with Crippen LogP contribution >= 0.6 is 28.3 Å². The number of hydrogen-bond acceptors (Lipinski definition) is 2. The van der Waals surface area contributed by atoms with Crippen LogP contribution < -0.4 is 5.32 Å². The van der Waals surface area contributed by atoms with E-state index >= 15 is 0 Å². The van der Waals surface area contributed by atoms with E-state index in [-0.39, 0.29) is 18.4 Å². The summed E-state index contributed by atoms with van der Waals surface area (Å²) in [7, 11) is 0. The molecule has 1 saturated heterocycles. The molecule has 0 aliphatic carbocycles. The molecular weight excluding hydrogens is 417 g/mol. The lowest BCUT2D eigenvalue weighted by Crippen LogP contribution is -2.45. The first-order valence-corrected chi connectivity index (χ1v) is 9.15. The Morgan fingerprint density at radius 3 is 2.52 bits per heavy atom. The second kappa shape index (κ2) is 10.6. The molecule has 2 rings (SSSR count). The number of piperazine rings is 1. The fraction of sp³-hybridized carbons (Fsp3) is 0.556. The lowest BCUT2D eigenvalue weighted by atomic mass is 9.96. The molecule has 0 amide bonds. The highest BCUT2D eigenvalue weighted by Crippen LogP contribution is 2.37. The maximum Gasteiger partial charge on any atom is 0.416 e. The zero-order valence-electron chi connectivity index (χ0n) is 14.1. The van der Waals surface area contributed by atoms with Gasteiger partial charge in [-0.25, -0.2) is 0 Å². The van der Waals surface area contributed by atoms with E-state index < -0.39 is 11.7 Å². The molecule has 0 radical (unpaired) electrons. The zero-order chi connectivity index (χ0) is 17.6. The smallest absolute Gasteiger partial charge is 0.314 e. The highest BCUT2D eigenvalue weighted by Gasteiger charge is 2.32. The molecule has 1 aliphatic heterocycles. The van der Waals surface area contributed by atoms with Crippen molar-refractivity contribution in [1.82, 2.24) is 10.2 Å². The second-order valence-electron chi connectivity index (χ2n) is 6.11. The van der Waals surface area contributed by atoms with E-state index in [0.29, 0.717) is 0 Å². The van der Waals surface area contributed by atoms with Gasteiger partial charge in [0.05, 0.1) is 5.56 Å². The number of nitrogens with zero attached hydrogens (tertiary/aromatic N) is 1. The SMILES string of the molecule is C=CCCCC[C@@H](c1cc(C(F)(F)F)ccc1Br)N1CCNCC1.Cl. The molecule has 142 valence electrons. The Morgan fingerprint density at radius 2 is 1.92 bits per heavy atom. The van der Waals surface area contributed by atoms with Gasteiger partial charge in [-0.1, -0.05) is 28.4 Å². The fourth-order valence-electron chi connectivity index (χ4n) is 3.13. The summed E-state index contributed by atoms with van der Waals surface area (Å²) in [6.45, 7) is 7.19. The molecule has 25 heavy (non-hydrogen) atoms. The number of nitrogens with one attached hydrogen (secondary N) is 1. The van der Waals surface area contributed by atoms with Crippen molar-refractivity contribution in [1.29, 1.82) is 0 Å². The maximum atomic E-state index is 13.1. The molecule has 0 aromatic heterocycles. The van der Waals surface area contributed by atoms with Gasteiger partial charge in [-0.05, 0) is 43.0 Å². The minimum absolute atomic E-state index is 0. The van der Waals surface area contributed by atoms with Gasteiger partial charge in [0, 0.05) is 36.7 Å². The Hall–Kier alpha value is -0.560. The van der Waals surface area contributed by atoms with Gasteiger partial charge in [0.1, 0.15) is 0 Å². The average molecular weight is 442 g/mol. The summed E-state index contributed by atoms with van der Waals surface area (Å²) in [6.07, 6.45) is 1.37. The fourth-order valence-corrected chi connectivity index (χ4v) is 3.64. The number of hydrogen-bond donors (Lipinski definition) is 1. The van der Waals surface area contributed by atoms with Gasteiger partial charge in [0.25, 0.3) is 0 Å². The predicted octanol–water partition coefficient (Wildman–Crippen LogP) is 5.58. The summed E-state index contributed by atoms with van der Waals surface area (Å²) in [5.74, 6) is 0. The van der Waals surface area contributed by atoms with E-state index in [2.05, 4.69) is 32.7 Å². The number of alkyl halides is 3. The minimum Gasteiger partial charge on any atom is -0.314 e. The minimum atomic E-state index is -4.31. The molecule has 1 N–H and O–H groups in total. The zero-order valence-corrected chi connectivity index (χ0v) is 16.5. The Balaban J connectivity index is 0.00000312. The summed E-state index contributed by atoms with van der Waals surface area (Å²) < 4.78 is 40.1. The van der Waals surface area contributed by atoms with Crippen molar-refractivity contribution < 1.29 is 13.2 Å². The van der Waals surface area contributed by atoms with Crippen molar-refractivity contribution in [2.75, 3.05) is 26.2 Å². The van der Waals surface area contributed by atoms with Crippen LogP contribution in [0.15, 0.2) is 35.3 Å². The van der Waals surface area contributed by atoms with Crippen LogP contribution in [0.2, 0.25) is 0 Å². The van der Waals surface area contributed by atoms with Crippen molar-refractivity contribution in [3.8, 4) is 0 Å². The lowest BCUT2D eigenvalue weighted by Gasteiger charge is -2.36. The van der Waals surface area contributed by atoms with Gasteiger partial charge in [-0.15, -0.1) is 19.0 Å². The van der Waals surface area contributed by atoms with Crippen LogP contribution in [0.25, 0.3) is 0 Å². The molecule has 1 fully saturated rings. The summed E-state index contributed by atoms with van der Waals surface area (Å²) in [5, 5.41) is 3.30.